The summed E-state index contributed by atoms with van der Waals surface area (Å²) in [6.07, 6.45) is 1.68. The van der Waals surface area contributed by atoms with Crippen molar-refractivity contribution in [3.05, 3.63) is 72.3 Å². The normalized spacial score (nSPS) is 9.65. The molecule has 2 rings (SSSR count). The predicted octanol–water partition coefficient (Wildman–Crippen LogP) is 3.58. The van der Waals surface area contributed by atoms with E-state index in [9.17, 15) is 4.79 Å². The molecule has 2 aromatic carbocycles. The first-order valence-electron chi connectivity index (χ1n) is 5.39. The molecule has 17 heavy (non-hydrogen) atoms. The van der Waals surface area contributed by atoms with Gasteiger partial charge in [-0.2, -0.15) is 0 Å². The smallest absolute Gasteiger partial charge is 0.256 e. The molecule has 0 bridgehead atoms. The summed E-state index contributed by atoms with van der Waals surface area (Å²) in [5.74, 6) is -0.119. The molecule has 0 spiro atoms. The van der Waals surface area contributed by atoms with Crippen molar-refractivity contribution in [3.63, 3.8) is 0 Å². The molecule has 1 N–H and O–H groups in total. The highest BCUT2D eigenvalue weighted by atomic mass is 16.1. The van der Waals surface area contributed by atoms with Gasteiger partial charge in [0.25, 0.3) is 5.91 Å². The van der Waals surface area contributed by atoms with E-state index in [1.165, 1.54) is 0 Å². The van der Waals surface area contributed by atoms with Gasteiger partial charge in [-0.25, -0.2) is 0 Å². The third-order valence-corrected chi connectivity index (χ3v) is 2.46. The minimum absolute atomic E-state index is 0.119. The van der Waals surface area contributed by atoms with Gasteiger partial charge in [0.05, 0.1) is 0 Å². The molecular weight excluding hydrogens is 210 g/mol. The number of hydrogen-bond acceptors (Lipinski definition) is 1. The van der Waals surface area contributed by atoms with E-state index in [-0.39, 0.29) is 5.91 Å². The van der Waals surface area contributed by atoms with E-state index < -0.39 is 0 Å². The predicted molar refractivity (Wildman–Crippen MR) is 70.9 cm³/mol. The largest absolute Gasteiger partial charge is 0.322 e. The average Bonchev–Trinajstić information content (AvgIpc) is 2.40. The third-order valence-electron chi connectivity index (χ3n) is 2.46. The first-order chi connectivity index (χ1) is 8.31. The van der Waals surface area contributed by atoms with Gasteiger partial charge in [0.2, 0.25) is 0 Å². The van der Waals surface area contributed by atoms with Gasteiger partial charge in [-0.3, -0.25) is 4.79 Å². The number of carbonyl (C=O) groups excluding carboxylic acids is 1. The lowest BCUT2D eigenvalue weighted by molar-refractivity contribution is 0.102. The van der Waals surface area contributed by atoms with Gasteiger partial charge in [-0.15, -0.1) is 0 Å². The highest BCUT2D eigenvalue weighted by Gasteiger charge is 2.08. The summed E-state index contributed by atoms with van der Waals surface area (Å²) in [6, 6.07) is 16.8. The van der Waals surface area contributed by atoms with Crippen molar-refractivity contribution in [2.75, 3.05) is 5.32 Å². The second-order valence-corrected chi connectivity index (χ2v) is 3.61. The number of rotatable bonds is 3. The maximum Gasteiger partial charge on any atom is 0.256 e. The van der Waals surface area contributed by atoms with Gasteiger partial charge < -0.3 is 5.32 Å². The van der Waals surface area contributed by atoms with Gasteiger partial charge in [0.15, 0.2) is 0 Å². The summed E-state index contributed by atoms with van der Waals surface area (Å²) < 4.78 is 0. The van der Waals surface area contributed by atoms with Gasteiger partial charge in [-0.05, 0) is 23.8 Å². The van der Waals surface area contributed by atoms with Gasteiger partial charge in [-0.1, -0.05) is 49.1 Å². The van der Waals surface area contributed by atoms with Crippen LogP contribution in [0.25, 0.3) is 6.08 Å². The van der Waals surface area contributed by atoms with E-state index in [1.54, 1.807) is 12.1 Å². The molecule has 0 heterocycles. The topological polar surface area (TPSA) is 29.1 Å². The van der Waals surface area contributed by atoms with Crippen molar-refractivity contribution >= 4 is 17.7 Å². The van der Waals surface area contributed by atoms with Crippen molar-refractivity contribution in [1.82, 2.24) is 0 Å². The first-order valence-corrected chi connectivity index (χ1v) is 5.39. The molecule has 0 atom stereocenters. The quantitative estimate of drug-likeness (QED) is 0.846. The van der Waals surface area contributed by atoms with Crippen LogP contribution >= 0.6 is 0 Å². The van der Waals surface area contributed by atoms with E-state index in [0.717, 1.165) is 11.3 Å². The Labute approximate surface area is 101 Å². The summed E-state index contributed by atoms with van der Waals surface area (Å²) in [5, 5.41) is 2.85. The van der Waals surface area contributed by atoms with Crippen LogP contribution in [0.1, 0.15) is 15.9 Å². The SMILES string of the molecule is C=Cc1ccccc1C(=O)Nc1ccccc1. The maximum absolute atomic E-state index is 12.0. The van der Waals surface area contributed by atoms with Crippen LogP contribution in [-0.4, -0.2) is 5.91 Å². The van der Waals surface area contributed by atoms with E-state index in [0.29, 0.717) is 5.56 Å². The minimum atomic E-state index is -0.119. The van der Waals surface area contributed by atoms with Gasteiger partial charge >= 0.3 is 0 Å². The summed E-state index contributed by atoms with van der Waals surface area (Å²) in [7, 11) is 0. The molecule has 0 saturated heterocycles. The molecule has 1 amide bonds. The Balaban J connectivity index is 2.23. The van der Waals surface area contributed by atoms with Gasteiger partial charge in [0, 0.05) is 11.3 Å². The molecule has 0 radical (unpaired) electrons. The molecule has 0 saturated carbocycles. The van der Waals surface area contributed by atoms with Crippen LogP contribution in [0.5, 0.6) is 0 Å². The Kier molecular flexibility index (Phi) is 3.36. The number of amides is 1. The molecule has 0 aliphatic rings. The number of nitrogens with one attached hydrogen (secondary N) is 1. The molecule has 2 heteroatoms. The van der Waals surface area contributed by atoms with Crippen molar-refractivity contribution in [2.24, 2.45) is 0 Å². The number of hydrogen-bond donors (Lipinski definition) is 1. The molecule has 0 fully saturated rings. The Hall–Kier alpha value is -2.35. The lowest BCUT2D eigenvalue weighted by Crippen LogP contribution is -2.12. The van der Waals surface area contributed by atoms with Crippen molar-refractivity contribution < 1.29 is 4.79 Å². The van der Waals surface area contributed by atoms with Gasteiger partial charge in [0.1, 0.15) is 0 Å². The van der Waals surface area contributed by atoms with Crippen LogP contribution in [0.2, 0.25) is 0 Å². The zero-order valence-corrected chi connectivity index (χ0v) is 9.39. The fourth-order valence-electron chi connectivity index (χ4n) is 1.60. The fraction of sp³-hybridized carbons (Fsp3) is 0. The zero-order chi connectivity index (χ0) is 12.1. The molecule has 2 nitrogen and oxygen atoms in total. The molecular formula is C15H13NO. The third kappa shape index (κ3) is 2.61. The number of carbonyl (C=O) groups is 1. The second-order valence-electron chi connectivity index (χ2n) is 3.61. The Morgan fingerprint density at radius 1 is 1.00 bits per heavy atom. The molecule has 0 aliphatic heterocycles. The first kappa shape index (κ1) is 11.1. The van der Waals surface area contributed by atoms with Crippen LogP contribution < -0.4 is 5.32 Å². The number of anilines is 1. The Morgan fingerprint density at radius 2 is 1.65 bits per heavy atom. The standard InChI is InChI=1S/C15H13NO/c1-2-12-8-6-7-11-14(12)15(17)16-13-9-4-3-5-10-13/h2-11H,1H2,(H,16,17). The van der Waals surface area contributed by atoms with E-state index >= 15 is 0 Å². The Bertz CT molecular complexity index is 532. The number of para-hydroxylation sites is 1. The highest BCUT2D eigenvalue weighted by Crippen LogP contribution is 2.13. The van der Waals surface area contributed by atoms with Crippen LogP contribution in [0, 0.1) is 0 Å². The highest BCUT2D eigenvalue weighted by molar-refractivity contribution is 6.06. The monoisotopic (exact) mass is 223 g/mol. The average molecular weight is 223 g/mol. The van der Waals surface area contributed by atoms with Crippen LogP contribution in [-0.2, 0) is 0 Å². The molecule has 2 aromatic rings. The van der Waals surface area contributed by atoms with Crippen molar-refractivity contribution in [1.29, 1.82) is 0 Å². The minimum Gasteiger partial charge on any atom is -0.322 e. The molecule has 0 aromatic heterocycles. The maximum atomic E-state index is 12.0. The molecule has 0 unspecified atom stereocenters. The Morgan fingerprint density at radius 3 is 2.35 bits per heavy atom. The van der Waals surface area contributed by atoms with Crippen LogP contribution in [0.4, 0.5) is 5.69 Å². The molecule has 0 aliphatic carbocycles. The summed E-state index contributed by atoms with van der Waals surface area (Å²) >= 11 is 0. The lowest BCUT2D eigenvalue weighted by Gasteiger charge is -2.07. The van der Waals surface area contributed by atoms with E-state index in [4.69, 9.17) is 0 Å². The fourth-order valence-corrected chi connectivity index (χ4v) is 1.60. The summed E-state index contributed by atoms with van der Waals surface area (Å²) in [5.41, 5.74) is 2.25. The van der Waals surface area contributed by atoms with E-state index in [2.05, 4.69) is 11.9 Å². The van der Waals surface area contributed by atoms with E-state index in [1.807, 2.05) is 48.5 Å². The lowest BCUT2D eigenvalue weighted by atomic mass is 10.1. The van der Waals surface area contributed by atoms with Crippen molar-refractivity contribution in [2.45, 2.75) is 0 Å². The van der Waals surface area contributed by atoms with Crippen LogP contribution in [0.15, 0.2) is 61.2 Å². The second kappa shape index (κ2) is 5.12. The summed E-state index contributed by atoms with van der Waals surface area (Å²) in [6.45, 7) is 3.70. The summed E-state index contributed by atoms with van der Waals surface area (Å²) in [4.78, 5) is 12.0. The molecule has 84 valence electrons. The van der Waals surface area contributed by atoms with Crippen LogP contribution in [0.3, 0.4) is 0 Å². The zero-order valence-electron chi connectivity index (χ0n) is 9.39. The number of benzene rings is 2. The van der Waals surface area contributed by atoms with Crippen molar-refractivity contribution in [3.8, 4) is 0 Å².